The first-order valence-corrected chi connectivity index (χ1v) is 13.6. The van der Waals surface area contributed by atoms with E-state index in [4.69, 9.17) is 0 Å². The molecule has 41 heavy (non-hydrogen) atoms. The molecule has 0 radical (unpaired) electrons. The minimum absolute atomic E-state index is 0.0802. The molecule has 0 saturated carbocycles. The number of aromatic nitrogens is 3. The Morgan fingerprint density at radius 1 is 0.927 bits per heavy atom. The smallest absolute Gasteiger partial charge is 0.322 e. The molecule has 204 valence electrons. The molecule has 0 unspecified atom stereocenters. The van der Waals surface area contributed by atoms with Crippen LogP contribution in [0.3, 0.4) is 0 Å². The number of nitrogens with one attached hydrogen (secondary N) is 2. The number of aromatic amines is 1. The SMILES string of the molecule is Cc1c(NC(=O)N2Cc3ccccc3C2)cccc1-c1ncnc2[nH]c(-c3ccc(C(=O)N4CC(O)C4)cc3)cc12. The van der Waals surface area contributed by atoms with Gasteiger partial charge < -0.3 is 25.2 Å². The van der Waals surface area contributed by atoms with E-state index in [0.29, 0.717) is 37.4 Å². The predicted molar refractivity (Wildman–Crippen MR) is 156 cm³/mol. The molecule has 3 aromatic carbocycles. The molecule has 3 N–H and O–H groups in total. The molecule has 2 aromatic heterocycles. The summed E-state index contributed by atoms with van der Waals surface area (Å²) in [6.07, 6.45) is 1.11. The van der Waals surface area contributed by atoms with Crippen LogP contribution in [-0.4, -0.2) is 61.0 Å². The Balaban J connectivity index is 1.14. The average molecular weight is 545 g/mol. The maximum absolute atomic E-state index is 13.1. The lowest BCUT2D eigenvalue weighted by atomic mass is 10.0. The topological polar surface area (TPSA) is 114 Å². The molecule has 2 aliphatic heterocycles. The van der Waals surface area contributed by atoms with Gasteiger partial charge in [-0.2, -0.15) is 0 Å². The van der Waals surface area contributed by atoms with Gasteiger partial charge in [0.25, 0.3) is 5.91 Å². The molecule has 4 heterocycles. The number of benzene rings is 3. The number of nitrogens with zero attached hydrogens (tertiary/aromatic N) is 4. The number of aliphatic hydroxyl groups excluding tert-OH is 1. The van der Waals surface area contributed by atoms with Crippen LogP contribution in [0, 0.1) is 6.92 Å². The molecule has 9 nitrogen and oxygen atoms in total. The minimum Gasteiger partial charge on any atom is -0.389 e. The zero-order chi connectivity index (χ0) is 28.1. The van der Waals surface area contributed by atoms with Crippen LogP contribution in [0.15, 0.2) is 79.1 Å². The highest BCUT2D eigenvalue weighted by molar-refractivity contribution is 5.98. The summed E-state index contributed by atoms with van der Waals surface area (Å²) >= 11 is 0. The Morgan fingerprint density at radius 2 is 1.66 bits per heavy atom. The molecule has 9 heteroatoms. The van der Waals surface area contributed by atoms with E-state index < -0.39 is 6.10 Å². The summed E-state index contributed by atoms with van der Waals surface area (Å²) in [5.41, 5.74) is 8.74. The van der Waals surface area contributed by atoms with Gasteiger partial charge >= 0.3 is 6.03 Å². The Labute approximate surface area is 236 Å². The number of β-amino-alcohol motifs (C(OH)–C–C–N with tert-alkyl or cyclic N) is 1. The molecule has 7 rings (SSSR count). The lowest BCUT2D eigenvalue weighted by Gasteiger charge is -2.35. The molecule has 1 fully saturated rings. The van der Waals surface area contributed by atoms with Crippen molar-refractivity contribution in [3.8, 4) is 22.5 Å². The van der Waals surface area contributed by atoms with Crippen LogP contribution in [0.1, 0.15) is 27.0 Å². The summed E-state index contributed by atoms with van der Waals surface area (Å²) in [6, 6.07) is 23.2. The fourth-order valence-electron chi connectivity index (χ4n) is 5.60. The maximum atomic E-state index is 13.1. The van der Waals surface area contributed by atoms with Gasteiger partial charge in [-0.3, -0.25) is 4.79 Å². The molecule has 5 aromatic rings. The monoisotopic (exact) mass is 544 g/mol. The van der Waals surface area contributed by atoms with Gasteiger partial charge in [-0.1, -0.05) is 48.5 Å². The Morgan fingerprint density at radius 3 is 2.37 bits per heavy atom. The number of hydrogen-bond donors (Lipinski definition) is 3. The van der Waals surface area contributed by atoms with Crippen LogP contribution in [-0.2, 0) is 13.1 Å². The second kappa shape index (κ2) is 9.87. The number of anilines is 1. The maximum Gasteiger partial charge on any atom is 0.322 e. The largest absolute Gasteiger partial charge is 0.389 e. The minimum atomic E-state index is -0.427. The van der Waals surface area contributed by atoms with Crippen molar-refractivity contribution in [2.45, 2.75) is 26.1 Å². The second-order valence-electron chi connectivity index (χ2n) is 10.6. The van der Waals surface area contributed by atoms with E-state index in [0.717, 1.165) is 39.2 Å². The quantitative estimate of drug-likeness (QED) is 0.296. The molecule has 1 saturated heterocycles. The number of carbonyl (C=O) groups is 2. The van der Waals surface area contributed by atoms with E-state index in [9.17, 15) is 14.7 Å². The Kier molecular flexibility index (Phi) is 6.01. The summed E-state index contributed by atoms with van der Waals surface area (Å²) < 4.78 is 0. The van der Waals surface area contributed by atoms with Gasteiger partial charge in [0.15, 0.2) is 0 Å². The zero-order valence-corrected chi connectivity index (χ0v) is 22.5. The summed E-state index contributed by atoms with van der Waals surface area (Å²) in [5, 5.41) is 13.5. The van der Waals surface area contributed by atoms with Crippen LogP contribution < -0.4 is 5.32 Å². The third-order valence-corrected chi connectivity index (χ3v) is 7.98. The summed E-state index contributed by atoms with van der Waals surface area (Å²) in [5.74, 6) is -0.0802. The van der Waals surface area contributed by atoms with Crippen molar-refractivity contribution in [2.24, 2.45) is 0 Å². The number of amides is 3. The van der Waals surface area contributed by atoms with Gasteiger partial charge in [-0.15, -0.1) is 0 Å². The third-order valence-electron chi connectivity index (χ3n) is 7.98. The standard InChI is InChI=1S/C32H28N6O3/c1-19-25(7-4-8-27(19)36-32(41)38-14-22-5-2-3-6-23(22)15-38)29-26-13-28(35-30(26)34-18-33-29)20-9-11-21(12-10-20)31(40)37-16-24(39)17-37/h2-13,18,24,39H,14-17H2,1H3,(H,36,41)(H,33,34,35). The normalized spacial score (nSPS) is 14.7. The summed E-state index contributed by atoms with van der Waals surface area (Å²) in [4.78, 5) is 41.6. The van der Waals surface area contributed by atoms with Crippen molar-refractivity contribution in [2.75, 3.05) is 18.4 Å². The molecule has 0 bridgehead atoms. The number of H-pyrrole nitrogens is 1. The van der Waals surface area contributed by atoms with Gasteiger partial charge in [-0.25, -0.2) is 14.8 Å². The number of aliphatic hydroxyl groups is 1. The number of hydrogen-bond acceptors (Lipinski definition) is 5. The van der Waals surface area contributed by atoms with E-state index in [1.54, 1.807) is 17.0 Å². The van der Waals surface area contributed by atoms with Crippen LogP contribution in [0.25, 0.3) is 33.5 Å². The van der Waals surface area contributed by atoms with E-state index in [1.165, 1.54) is 17.5 Å². The van der Waals surface area contributed by atoms with Crippen LogP contribution >= 0.6 is 0 Å². The van der Waals surface area contributed by atoms with Gasteiger partial charge in [0.1, 0.15) is 12.0 Å². The van der Waals surface area contributed by atoms with Crippen molar-refractivity contribution in [3.63, 3.8) is 0 Å². The third kappa shape index (κ3) is 4.50. The highest BCUT2D eigenvalue weighted by Gasteiger charge is 2.29. The highest BCUT2D eigenvalue weighted by atomic mass is 16.3. The van der Waals surface area contributed by atoms with E-state index >= 15 is 0 Å². The zero-order valence-electron chi connectivity index (χ0n) is 22.5. The van der Waals surface area contributed by atoms with E-state index in [2.05, 4.69) is 32.4 Å². The molecular weight excluding hydrogens is 516 g/mol. The molecule has 2 aliphatic rings. The first-order valence-electron chi connectivity index (χ1n) is 13.6. The van der Waals surface area contributed by atoms with Crippen molar-refractivity contribution in [1.82, 2.24) is 24.8 Å². The van der Waals surface area contributed by atoms with Crippen molar-refractivity contribution >= 4 is 28.7 Å². The van der Waals surface area contributed by atoms with Gasteiger partial charge in [0.2, 0.25) is 0 Å². The fraction of sp³-hybridized carbons (Fsp3) is 0.188. The Hall–Kier alpha value is -5.02. The second-order valence-corrected chi connectivity index (χ2v) is 10.6. The lowest BCUT2D eigenvalue weighted by Crippen LogP contribution is -2.53. The predicted octanol–water partition coefficient (Wildman–Crippen LogP) is 4.96. The number of fused-ring (bicyclic) bond motifs is 2. The number of carbonyl (C=O) groups excluding carboxylic acids is 2. The fourth-order valence-corrected chi connectivity index (χ4v) is 5.60. The van der Waals surface area contributed by atoms with Crippen LogP contribution in [0.2, 0.25) is 0 Å². The van der Waals surface area contributed by atoms with Crippen LogP contribution in [0.4, 0.5) is 10.5 Å². The van der Waals surface area contributed by atoms with Gasteiger partial charge in [-0.05, 0) is 53.4 Å². The molecule has 0 aliphatic carbocycles. The molecular formula is C32H28N6O3. The molecule has 0 atom stereocenters. The Bertz CT molecular complexity index is 1780. The molecule has 3 amide bonds. The summed E-state index contributed by atoms with van der Waals surface area (Å²) in [6.45, 7) is 3.92. The number of urea groups is 1. The van der Waals surface area contributed by atoms with Crippen LogP contribution in [0.5, 0.6) is 0 Å². The lowest BCUT2D eigenvalue weighted by molar-refractivity contribution is 0.00589. The number of likely N-dealkylation sites (tertiary alicyclic amines) is 1. The van der Waals surface area contributed by atoms with E-state index in [-0.39, 0.29) is 11.9 Å². The summed E-state index contributed by atoms with van der Waals surface area (Å²) in [7, 11) is 0. The first kappa shape index (κ1) is 25.0. The van der Waals surface area contributed by atoms with Gasteiger partial charge in [0, 0.05) is 54.1 Å². The van der Waals surface area contributed by atoms with E-state index in [1.807, 2.05) is 60.4 Å². The highest BCUT2D eigenvalue weighted by Crippen LogP contribution is 2.34. The first-order chi connectivity index (χ1) is 19.9. The average Bonchev–Trinajstić information content (AvgIpc) is 3.61. The van der Waals surface area contributed by atoms with Crippen molar-refractivity contribution in [1.29, 1.82) is 0 Å². The van der Waals surface area contributed by atoms with Gasteiger partial charge in [0.05, 0.1) is 11.8 Å². The molecule has 0 spiro atoms. The van der Waals surface area contributed by atoms with Crippen molar-refractivity contribution in [3.05, 3.63) is 101 Å². The van der Waals surface area contributed by atoms with Crippen molar-refractivity contribution < 1.29 is 14.7 Å². The number of rotatable bonds is 4.